The topological polar surface area (TPSA) is 12.0 Å². The van der Waals surface area contributed by atoms with E-state index in [0.29, 0.717) is 5.41 Å². The molecule has 92 valence electrons. The minimum Gasteiger partial charge on any atom is -0.316 e. The first-order chi connectivity index (χ1) is 8.12. The Bertz CT molecular complexity index is 443. The lowest BCUT2D eigenvalue weighted by molar-refractivity contribution is 0.399. The molecule has 1 nitrogen and oxygen atoms in total. The van der Waals surface area contributed by atoms with Crippen molar-refractivity contribution in [2.45, 2.75) is 32.1 Å². The van der Waals surface area contributed by atoms with E-state index in [1.807, 2.05) is 0 Å². The molecule has 0 amide bonds. The van der Waals surface area contributed by atoms with Gasteiger partial charge in [-0.05, 0) is 55.3 Å². The van der Waals surface area contributed by atoms with Gasteiger partial charge in [0.25, 0.3) is 0 Å². The second kappa shape index (κ2) is 4.00. The maximum absolute atomic E-state index is 6.30. The molecule has 0 aromatic heterocycles. The zero-order valence-corrected chi connectivity index (χ0v) is 11.3. The second-order valence-electron chi connectivity index (χ2n) is 5.99. The summed E-state index contributed by atoms with van der Waals surface area (Å²) in [6.45, 7) is 6.76. The highest BCUT2D eigenvalue weighted by atomic mass is 35.5. The fourth-order valence-electron chi connectivity index (χ4n) is 3.91. The number of aryl methyl sites for hydroxylation is 1. The largest absolute Gasteiger partial charge is 0.316 e. The summed E-state index contributed by atoms with van der Waals surface area (Å²) in [4.78, 5) is 0. The molecule has 1 aliphatic carbocycles. The molecule has 2 fully saturated rings. The number of hydrogen-bond donors (Lipinski definition) is 1. The van der Waals surface area contributed by atoms with E-state index >= 15 is 0 Å². The van der Waals surface area contributed by atoms with Crippen LogP contribution in [-0.4, -0.2) is 13.1 Å². The van der Waals surface area contributed by atoms with E-state index in [9.17, 15) is 0 Å². The lowest BCUT2D eigenvalue weighted by atomic mass is 9.74. The van der Waals surface area contributed by atoms with Crippen molar-refractivity contribution in [2.75, 3.05) is 13.1 Å². The number of rotatable bonds is 1. The Kier molecular flexibility index (Phi) is 2.72. The van der Waals surface area contributed by atoms with Gasteiger partial charge in [0.15, 0.2) is 0 Å². The van der Waals surface area contributed by atoms with Crippen molar-refractivity contribution in [1.29, 1.82) is 0 Å². The molecule has 2 unspecified atom stereocenters. The molecule has 1 aromatic carbocycles. The first-order valence-corrected chi connectivity index (χ1v) is 6.97. The Morgan fingerprint density at radius 3 is 3.00 bits per heavy atom. The maximum Gasteiger partial charge on any atom is 0.0438 e. The fourth-order valence-corrected chi connectivity index (χ4v) is 4.09. The smallest absolute Gasteiger partial charge is 0.0438 e. The Morgan fingerprint density at radius 2 is 2.24 bits per heavy atom. The van der Waals surface area contributed by atoms with E-state index in [-0.39, 0.29) is 0 Å². The van der Waals surface area contributed by atoms with Crippen LogP contribution >= 0.6 is 11.6 Å². The van der Waals surface area contributed by atoms with Crippen LogP contribution in [0.25, 0.3) is 0 Å². The summed E-state index contributed by atoms with van der Waals surface area (Å²) in [7, 11) is 0. The van der Waals surface area contributed by atoms with Gasteiger partial charge in [-0.25, -0.2) is 0 Å². The predicted octanol–water partition coefficient (Wildman–Crippen LogP) is 3.54. The van der Waals surface area contributed by atoms with Crippen LogP contribution in [0.4, 0.5) is 0 Å². The second-order valence-corrected chi connectivity index (χ2v) is 6.40. The molecule has 1 saturated heterocycles. The third-order valence-electron chi connectivity index (χ3n) is 4.76. The standard InChI is InChI=1S/C15H20ClN/c1-10-5-13-8-17-9-15(13,7-10)12-4-3-11(2)14(16)6-12/h3-4,6,10,13,17H,5,7-9H2,1-2H3/t10?,13?,15-/m0/s1. The zero-order chi connectivity index (χ0) is 12.0. The van der Waals surface area contributed by atoms with Crippen LogP contribution < -0.4 is 5.32 Å². The van der Waals surface area contributed by atoms with Crippen molar-refractivity contribution in [3.63, 3.8) is 0 Å². The predicted molar refractivity (Wildman–Crippen MR) is 72.6 cm³/mol. The molecule has 0 spiro atoms. The van der Waals surface area contributed by atoms with Gasteiger partial charge in [-0.1, -0.05) is 30.7 Å². The average molecular weight is 250 g/mol. The highest BCUT2D eigenvalue weighted by Crippen LogP contribution is 2.50. The molecule has 0 radical (unpaired) electrons. The van der Waals surface area contributed by atoms with E-state index < -0.39 is 0 Å². The summed E-state index contributed by atoms with van der Waals surface area (Å²) in [5.41, 5.74) is 2.99. The van der Waals surface area contributed by atoms with E-state index in [1.165, 1.54) is 30.5 Å². The quantitative estimate of drug-likeness (QED) is 0.803. The molecule has 0 bridgehead atoms. The Morgan fingerprint density at radius 1 is 1.41 bits per heavy atom. The summed E-state index contributed by atoms with van der Waals surface area (Å²) in [5.74, 6) is 1.65. The molecule has 2 heteroatoms. The normalized spacial score (nSPS) is 36.2. The third kappa shape index (κ3) is 1.71. The molecule has 1 aromatic rings. The van der Waals surface area contributed by atoms with Crippen LogP contribution in [0.5, 0.6) is 0 Å². The van der Waals surface area contributed by atoms with Crippen molar-refractivity contribution in [3.8, 4) is 0 Å². The highest BCUT2D eigenvalue weighted by Gasteiger charge is 2.49. The molecule has 3 atom stereocenters. The Balaban J connectivity index is 2.04. The van der Waals surface area contributed by atoms with Crippen molar-refractivity contribution in [3.05, 3.63) is 34.3 Å². The lowest BCUT2D eigenvalue weighted by Gasteiger charge is -2.29. The highest BCUT2D eigenvalue weighted by molar-refractivity contribution is 6.31. The van der Waals surface area contributed by atoms with Crippen LogP contribution in [0.2, 0.25) is 5.02 Å². The molecule has 1 N–H and O–H groups in total. The first kappa shape index (κ1) is 11.6. The van der Waals surface area contributed by atoms with Gasteiger partial charge in [0.1, 0.15) is 0 Å². The van der Waals surface area contributed by atoms with Gasteiger partial charge in [0.05, 0.1) is 0 Å². The first-order valence-electron chi connectivity index (χ1n) is 6.59. The van der Waals surface area contributed by atoms with E-state index in [0.717, 1.165) is 23.4 Å². The molecule has 17 heavy (non-hydrogen) atoms. The van der Waals surface area contributed by atoms with Crippen molar-refractivity contribution < 1.29 is 0 Å². The molecule has 3 rings (SSSR count). The summed E-state index contributed by atoms with van der Waals surface area (Å²) >= 11 is 6.30. The number of hydrogen-bond acceptors (Lipinski definition) is 1. The molecular weight excluding hydrogens is 230 g/mol. The summed E-state index contributed by atoms with van der Waals surface area (Å²) in [5, 5.41) is 4.49. The minimum absolute atomic E-state index is 0.358. The fraction of sp³-hybridized carbons (Fsp3) is 0.600. The van der Waals surface area contributed by atoms with Gasteiger partial charge in [-0.3, -0.25) is 0 Å². The van der Waals surface area contributed by atoms with Crippen LogP contribution in [0.3, 0.4) is 0 Å². The molecular formula is C15H20ClN. The van der Waals surface area contributed by atoms with E-state index in [4.69, 9.17) is 11.6 Å². The monoisotopic (exact) mass is 249 g/mol. The molecule has 1 aliphatic heterocycles. The Labute approximate surface area is 109 Å². The summed E-state index contributed by atoms with van der Waals surface area (Å²) in [6, 6.07) is 6.67. The van der Waals surface area contributed by atoms with Crippen LogP contribution in [-0.2, 0) is 5.41 Å². The van der Waals surface area contributed by atoms with Gasteiger partial charge in [-0.2, -0.15) is 0 Å². The van der Waals surface area contributed by atoms with Gasteiger partial charge in [-0.15, -0.1) is 0 Å². The van der Waals surface area contributed by atoms with Crippen molar-refractivity contribution >= 4 is 11.6 Å². The number of halogens is 1. The number of benzene rings is 1. The SMILES string of the molecule is Cc1ccc([C@]23CNCC2CC(C)C3)cc1Cl. The number of nitrogens with one attached hydrogen (secondary N) is 1. The summed E-state index contributed by atoms with van der Waals surface area (Å²) in [6.07, 6.45) is 2.67. The average Bonchev–Trinajstić information content (AvgIpc) is 2.78. The van der Waals surface area contributed by atoms with Crippen LogP contribution in [0.15, 0.2) is 18.2 Å². The molecule has 1 heterocycles. The minimum atomic E-state index is 0.358. The van der Waals surface area contributed by atoms with Gasteiger partial charge in [0.2, 0.25) is 0 Å². The molecule has 1 saturated carbocycles. The summed E-state index contributed by atoms with van der Waals surface area (Å²) < 4.78 is 0. The third-order valence-corrected chi connectivity index (χ3v) is 5.17. The zero-order valence-electron chi connectivity index (χ0n) is 10.6. The molecule has 2 aliphatic rings. The van der Waals surface area contributed by atoms with Crippen LogP contribution in [0, 0.1) is 18.8 Å². The van der Waals surface area contributed by atoms with E-state index in [1.54, 1.807) is 0 Å². The van der Waals surface area contributed by atoms with Gasteiger partial charge < -0.3 is 5.32 Å². The van der Waals surface area contributed by atoms with Gasteiger partial charge >= 0.3 is 0 Å². The Hall–Kier alpha value is -0.530. The maximum atomic E-state index is 6.30. The van der Waals surface area contributed by atoms with Gasteiger partial charge in [0, 0.05) is 17.0 Å². The van der Waals surface area contributed by atoms with Crippen molar-refractivity contribution in [2.24, 2.45) is 11.8 Å². The van der Waals surface area contributed by atoms with Crippen LogP contribution in [0.1, 0.15) is 30.9 Å². The lowest BCUT2D eigenvalue weighted by Crippen LogP contribution is -2.31. The van der Waals surface area contributed by atoms with E-state index in [2.05, 4.69) is 37.4 Å². The number of fused-ring (bicyclic) bond motifs is 1. The van der Waals surface area contributed by atoms with Crippen molar-refractivity contribution in [1.82, 2.24) is 5.32 Å².